The highest BCUT2D eigenvalue weighted by atomic mass is 16.7. The zero-order valence-corrected chi connectivity index (χ0v) is 29.8. The number of carbonyl (C=O) groups excluding carboxylic acids is 4. The van der Waals surface area contributed by atoms with E-state index in [0.717, 1.165) is 18.4 Å². The van der Waals surface area contributed by atoms with Crippen molar-refractivity contribution in [3.05, 3.63) is 53.6 Å². The number of nitrogens with zero attached hydrogens (tertiary/aromatic N) is 3. The van der Waals surface area contributed by atoms with Crippen LogP contribution >= 0.6 is 0 Å². The van der Waals surface area contributed by atoms with Gasteiger partial charge in [0.2, 0.25) is 0 Å². The van der Waals surface area contributed by atoms with Gasteiger partial charge in [0.05, 0.1) is 28.9 Å². The zero-order valence-electron chi connectivity index (χ0n) is 29.8. The van der Waals surface area contributed by atoms with Crippen LogP contribution in [0.2, 0.25) is 0 Å². The molecule has 1 unspecified atom stereocenters. The van der Waals surface area contributed by atoms with E-state index in [-0.39, 0.29) is 43.7 Å². The summed E-state index contributed by atoms with van der Waals surface area (Å²) in [6.07, 6.45) is 0.858. The first-order valence-corrected chi connectivity index (χ1v) is 16.7. The highest BCUT2D eigenvalue weighted by Crippen LogP contribution is 2.41. The normalized spacial score (nSPS) is 17.5. The molecule has 0 saturated carbocycles. The largest absolute Gasteiger partial charge is 0.448 e. The lowest BCUT2D eigenvalue weighted by atomic mass is 9.97. The van der Waals surface area contributed by atoms with Gasteiger partial charge in [-0.15, -0.1) is 5.06 Å². The summed E-state index contributed by atoms with van der Waals surface area (Å²) in [6, 6.07) is 12.3. The highest BCUT2D eigenvalue weighted by molar-refractivity contribution is 6.07. The fraction of sp³-hybridized carbons (Fsp3) is 0.543. The van der Waals surface area contributed by atoms with Gasteiger partial charge in [0.15, 0.2) is 0 Å². The summed E-state index contributed by atoms with van der Waals surface area (Å²) in [5.41, 5.74) is 1.42. The van der Waals surface area contributed by atoms with Gasteiger partial charge >= 0.3 is 18.0 Å². The summed E-state index contributed by atoms with van der Waals surface area (Å²) in [7, 11) is 4.91. The van der Waals surface area contributed by atoms with Gasteiger partial charge in [-0.25, -0.2) is 9.59 Å². The van der Waals surface area contributed by atoms with Crippen molar-refractivity contribution in [1.29, 1.82) is 0 Å². The van der Waals surface area contributed by atoms with E-state index >= 15 is 0 Å². The molecule has 268 valence electrons. The van der Waals surface area contributed by atoms with E-state index in [0.29, 0.717) is 35.8 Å². The second-order valence-corrected chi connectivity index (χ2v) is 13.5. The topological polar surface area (TPSA) is 154 Å². The van der Waals surface area contributed by atoms with E-state index in [1.807, 2.05) is 49.1 Å². The van der Waals surface area contributed by atoms with E-state index in [1.165, 1.54) is 4.90 Å². The van der Waals surface area contributed by atoms with Crippen LogP contribution in [-0.4, -0.2) is 99.1 Å². The maximum atomic E-state index is 14.5. The fourth-order valence-electron chi connectivity index (χ4n) is 5.91. The molecule has 4 rings (SSSR count). The van der Waals surface area contributed by atoms with Crippen LogP contribution in [-0.2, 0) is 25.8 Å². The molecule has 4 N–H and O–H groups in total. The summed E-state index contributed by atoms with van der Waals surface area (Å²) >= 11 is 0. The van der Waals surface area contributed by atoms with E-state index in [9.17, 15) is 19.2 Å². The number of alkyl carbamates (subject to hydrolysis) is 1. The summed E-state index contributed by atoms with van der Waals surface area (Å²) in [4.78, 5) is 62.6. The first-order valence-electron chi connectivity index (χ1n) is 16.7. The quantitative estimate of drug-likeness (QED) is 0.244. The lowest BCUT2D eigenvalue weighted by molar-refractivity contribution is -0.208. The number of nitrogens with one attached hydrogen (secondary N) is 4. The Morgan fingerprint density at radius 3 is 2.39 bits per heavy atom. The smallest absolute Gasteiger partial charge is 0.407 e. The molecule has 1 fully saturated rings. The lowest BCUT2D eigenvalue weighted by Gasteiger charge is -2.43. The Kier molecular flexibility index (Phi) is 12.1. The highest BCUT2D eigenvalue weighted by Gasteiger charge is 2.47. The number of piperidine rings is 1. The van der Waals surface area contributed by atoms with Gasteiger partial charge in [0.1, 0.15) is 12.4 Å². The Balaban J connectivity index is 1.60. The summed E-state index contributed by atoms with van der Waals surface area (Å²) in [5.74, 6) is -2.26. The van der Waals surface area contributed by atoms with Crippen molar-refractivity contribution in [2.24, 2.45) is 5.41 Å². The van der Waals surface area contributed by atoms with E-state index in [4.69, 9.17) is 14.3 Å². The van der Waals surface area contributed by atoms with E-state index in [1.54, 1.807) is 59.1 Å². The molecule has 2 aromatic carbocycles. The van der Waals surface area contributed by atoms with Crippen LogP contribution < -0.4 is 30.9 Å². The molecule has 2 aliphatic rings. The zero-order chi connectivity index (χ0) is 35.9. The Labute approximate surface area is 288 Å². The van der Waals surface area contributed by atoms with Gasteiger partial charge in [-0.3, -0.25) is 20.2 Å². The first kappa shape index (κ1) is 37.4. The minimum Gasteiger partial charge on any atom is -0.448 e. The molecular formula is C35H51N7O7. The Hall–Kier alpha value is -4.40. The predicted octanol–water partition coefficient (Wildman–Crippen LogP) is 3.29. The van der Waals surface area contributed by atoms with Gasteiger partial charge in [0.25, 0.3) is 11.8 Å². The standard InChI is InChI=1S/C35H51N7O7/c1-23(2)42(25-15-12-17-40(21-25)49-32(45)34(3,4)5)30(43)26-19-28-29(20-27(26)36-6)48-35(37-7,38-8)31(44)41(28)18-16-39-33(46)47-22-24-13-10-9-11-14-24/h9-11,13-14,19-20,23,25,36-38H,12,15-18,21-22H2,1-8H3,(H,39,46). The molecule has 0 bridgehead atoms. The Bertz CT molecular complexity index is 1490. The number of carbonyl (C=O) groups is 4. The second-order valence-electron chi connectivity index (χ2n) is 13.5. The van der Waals surface area contributed by atoms with Gasteiger partial charge in [-0.2, -0.15) is 0 Å². The number of hydrogen-bond donors (Lipinski definition) is 4. The molecule has 1 saturated heterocycles. The first-order chi connectivity index (χ1) is 23.2. The molecule has 14 heteroatoms. The third-order valence-electron chi connectivity index (χ3n) is 8.59. The third kappa shape index (κ3) is 8.61. The van der Waals surface area contributed by atoms with Crippen LogP contribution in [0.15, 0.2) is 42.5 Å². The third-order valence-corrected chi connectivity index (χ3v) is 8.59. The van der Waals surface area contributed by atoms with Crippen molar-refractivity contribution in [3.63, 3.8) is 0 Å². The number of rotatable bonds is 12. The van der Waals surface area contributed by atoms with Crippen LogP contribution in [0.4, 0.5) is 16.2 Å². The molecule has 0 spiro atoms. The number of hydroxylamine groups is 2. The average molecular weight is 682 g/mol. The number of benzene rings is 2. The average Bonchev–Trinajstić information content (AvgIpc) is 3.07. The van der Waals surface area contributed by atoms with Gasteiger partial charge in [-0.1, -0.05) is 30.3 Å². The van der Waals surface area contributed by atoms with Crippen molar-refractivity contribution in [3.8, 4) is 5.75 Å². The molecule has 14 nitrogen and oxygen atoms in total. The SMILES string of the molecule is CNc1cc2c(cc1C(=O)N(C(C)C)C1CCCN(OC(=O)C(C)(C)C)C1)N(CCNC(=O)OCc1ccccc1)C(=O)C(NC)(NC)O2. The molecule has 0 aromatic heterocycles. The minimum absolute atomic E-state index is 0.0674. The summed E-state index contributed by atoms with van der Waals surface area (Å²) < 4.78 is 11.5. The van der Waals surface area contributed by atoms with Crippen LogP contribution in [0.25, 0.3) is 0 Å². The Morgan fingerprint density at radius 2 is 1.78 bits per heavy atom. The van der Waals surface area contributed by atoms with Crippen LogP contribution in [0.3, 0.4) is 0 Å². The molecule has 0 aliphatic carbocycles. The molecule has 2 aromatic rings. The van der Waals surface area contributed by atoms with E-state index < -0.39 is 23.3 Å². The maximum absolute atomic E-state index is 14.5. The molecule has 1 atom stereocenters. The number of likely N-dealkylation sites (N-methyl/N-ethyl adjacent to an activating group) is 2. The maximum Gasteiger partial charge on any atom is 0.407 e. The number of amides is 3. The van der Waals surface area contributed by atoms with Crippen molar-refractivity contribution in [2.45, 2.75) is 72.0 Å². The van der Waals surface area contributed by atoms with Gasteiger partial charge in [0, 0.05) is 44.8 Å². The molecule has 2 heterocycles. The van der Waals surface area contributed by atoms with Crippen molar-refractivity contribution in [1.82, 2.24) is 25.9 Å². The van der Waals surface area contributed by atoms with Crippen LogP contribution in [0.5, 0.6) is 5.75 Å². The van der Waals surface area contributed by atoms with Gasteiger partial charge in [-0.05, 0) is 73.2 Å². The molecular weight excluding hydrogens is 630 g/mol. The molecule has 49 heavy (non-hydrogen) atoms. The number of hydrogen-bond acceptors (Lipinski definition) is 11. The second kappa shape index (κ2) is 15.9. The lowest BCUT2D eigenvalue weighted by Crippen LogP contribution is -2.70. The van der Waals surface area contributed by atoms with Crippen LogP contribution in [0.1, 0.15) is 63.4 Å². The summed E-state index contributed by atoms with van der Waals surface area (Å²) in [5, 5.41) is 13.3. The summed E-state index contributed by atoms with van der Waals surface area (Å²) in [6.45, 7) is 10.5. The Morgan fingerprint density at radius 1 is 1.08 bits per heavy atom. The van der Waals surface area contributed by atoms with Crippen molar-refractivity contribution < 1.29 is 33.5 Å². The van der Waals surface area contributed by atoms with Crippen LogP contribution in [0, 0.1) is 5.41 Å². The van der Waals surface area contributed by atoms with Crippen molar-refractivity contribution in [2.75, 3.05) is 57.5 Å². The fourth-order valence-corrected chi connectivity index (χ4v) is 5.91. The van der Waals surface area contributed by atoms with E-state index in [2.05, 4.69) is 21.3 Å². The number of fused-ring (bicyclic) bond motifs is 1. The molecule has 3 amide bonds. The minimum atomic E-state index is -1.59. The van der Waals surface area contributed by atoms with Crippen molar-refractivity contribution >= 4 is 35.3 Å². The number of ether oxygens (including phenoxy) is 2. The number of anilines is 2. The molecule has 0 radical (unpaired) electrons. The molecule has 2 aliphatic heterocycles. The predicted molar refractivity (Wildman–Crippen MR) is 186 cm³/mol. The monoisotopic (exact) mass is 681 g/mol. The van der Waals surface area contributed by atoms with Gasteiger partial charge < -0.3 is 34.7 Å².